The van der Waals surface area contributed by atoms with Crippen LogP contribution in [0.5, 0.6) is 0 Å². The average Bonchev–Trinajstić information content (AvgIpc) is 2.29. The number of rotatable bonds is 4. The molecule has 0 heterocycles. The summed E-state index contributed by atoms with van der Waals surface area (Å²) in [4.78, 5) is 11.4. The van der Waals surface area contributed by atoms with Crippen LogP contribution in [0.25, 0.3) is 0 Å². The van der Waals surface area contributed by atoms with Gasteiger partial charge in [0, 0.05) is 19.7 Å². The van der Waals surface area contributed by atoms with E-state index < -0.39 is 15.8 Å². The van der Waals surface area contributed by atoms with Gasteiger partial charge in [0.05, 0.1) is 4.90 Å². The number of sulfonamides is 1. The van der Waals surface area contributed by atoms with Crippen molar-refractivity contribution < 1.29 is 47.9 Å². The van der Waals surface area contributed by atoms with Gasteiger partial charge in [0.1, 0.15) is 0 Å². The molecule has 0 N–H and O–H groups in total. The standard InChI is InChI=1S/C11H13NO4S.Na/c1-12(2)17(15,16)10-5-3-9(4-6-10)11(14)7-8-13;/h3-8,13H,1-2H3;/q;+1/p-1. The molecule has 0 aromatic heterocycles. The first-order valence-corrected chi connectivity index (χ1v) is 6.19. The third-order valence-corrected chi connectivity index (χ3v) is 3.97. The van der Waals surface area contributed by atoms with E-state index in [4.69, 9.17) is 0 Å². The van der Waals surface area contributed by atoms with Gasteiger partial charge in [0.2, 0.25) is 10.0 Å². The summed E-state index contributed by atoms with van der Waals surface area (Å²) in [7, 11) is -0.639. The summed E-state index contributed by atoms with van der Waals surface area (Å²) >= 11 is 0. The Hall–Kier alpha value is -0.660. The molecule has 0 aliphatic carbocycles. The molecule has 0 unspecified atom stereocenters. The molecule has 92 valence electrons. The van der Waals surface area contributed by atoms with Crippen LogP contribution in [0, 0.1) is 0 Å². The van der Waals surface area contributed by atoms with Crippen molar-refractivity contribution in [2.75, 3.05) is 14.1 Å². The Bertz CT molecular complexity index is 535. The van der Waals surface area contributed by atoms with Gasteiger partial charge >= 0.3 is 29.6 Å². The quantitative estimate of drug-likeness (QED) is 0.254. The minimum absolute atomic E-state index is 0. The number of nitrogens with zero attached hydrogens (tertiary/aromatic N) is 1. The Kier molecular flexibility index (Phi) is 6.80. The summed E-state index contributed by atoms with van der Waals surface area (Å²) in [6, 6.07) is 5.42. The van der Waals surface area contributed by atoms with Crippen molar-refractivity contribution in [2.45, 2.75) is 4.90 Å². The number of hydrogen-bond acceptors (Lipinski definition) is 4. The average molecular weight is 277 g/mol. The molecule has 1 rings (SSSR count). The number of ketones is 1. The zero-order chi connectivity index (χ0) is 13.1. The number of carbonyl (C=O) groups excluding carboxylic acids is 1. The van der Waals surface area contributed by atoms with Crippen LogP contribution in [-0.4, -0.2) is 32.6 Å². The van der Waals surface area contributed by atoms with E-state index in [9.17, 15) is 18.3 Å². The van der Waals surface area contributed by atoms with Crippen LogP contribution in [0.1, 0.15) is 10.4 Å². The Balaban J connectivity index is 0.00000289. The summed E-state index contributed by atoms with van der Waals surface area (Å²) in [6.45, 7) is 0. The fraction of sp³-hybridized carbons (Fsp3) is 0.182. The van der Waals surface area contributed by atoms with Crippen molar-refractivity contribution in [3.63, 3.8) is 0 Å². The molecule has 0 amide bonds. The summed E-state index contributed by atoms with van der Waals surface area (Å²) < 4.78 is 24.5. The predicted molar refractivity (Wildman–Crippen MR) is 60.8 cm³/mol. The molecule has 0 fully saturated rings. The van der Waals surface area contributed by atoms with Gasteiger partial charge in [-0.1, -0.05) is 0 Å². The van der Waals surface area contributed by atoms with Crippen LogP contribution < -0.4 is 34.7 Å². The van der Waals surface area contributed by atoms with Crippen molar-refractivity contribution in [2.24, 2.45) is 0 Å². The van der Waals surface area contributed by atoms with Crippen LogP contribution in [0.15, 0.2) is 41.5 Å². The van der Waals surface area contributed by atoms with Crippen molar-refractivity contribution >= 4 is 15.8 Å². The molecule has 0 saturated carbocycles. The maximum atomic E-state index is 11.7. The Morgan fingerprint density at radius 2 is 1.72 bits per heavy atom. The molecule has 0 bridgehead atoms. The number of benzene rings is 1. The molecular formula is C11H12NNaO4S. The van der Waals surface area contributed by atoms with Crippen molar-refractivity contribution in [3.05, 3.63) is 42.2 Å². The molecule has 18 heavy (non-hydrogen) atoms. The van der Waals surface area contributed by atoms with E-state index >= 15 is 0 Å². The smallest absolute Gasteiger partial charge is 0.878 e. The summed E-state index contributed by atoms with van der Waals surface area (Å²) in [5, 5.41) is 10.1. The fourth-order valence-electron chi connectivity index (χ4n) is 1.16. The van der Waals surface area contributed by atoms with Gasteiger partial charge in [-0.25, -0.2) is 12.7 Å². The molecule has 7 heteroatoms. The van der Waals surface area contributed by atoms with E-state index in [-0.39, 0.29) is 40.0 Å². The van der Waals surface area contributed by atoms with E-state index in [1.54, 1.807) is 0 Å². The normalized spacial score (nSPS) is 11.5. The van der Waals surface area contributed by atoms with Gasteiger partial charge in [-0.3, -0.25) is 4.79 Å². The third-order valence-electron chi connectivity index (χ3n) is 2.14. The van der Waals surface area contributed by atoms with Crippen molar-refractivity contribution in [3.8, 4) is 0 Å². The monoisotopic (exact) mass is 277 g/mol. The van der Waals surface area contributed by atoms with Gasteiger partial charge in [0.25, 0.3) is 0 Å². The first kappa shape index (κ1) is 17.3. The van der Waals surface area contributed by atoms with Gasteiger partial charge in [-0.05, 0) is 30.3 Å². The second kappa shape index (κ2) is 7.06. The van der Waals surface area contributed by atoms with E-state index in [0.717, 1.165) is 10.4 Å². The zero-order valence-electron chi connectivity index (χ0n) is 10.5. The second-order valence-corrected chi connectivity index (χ2v) is 5.63. The largest absolute Gasteiger partial charge is 1.00 e. The van der Waals surface area contributed by atoms with E-state index in [1.807, 2.05) is 0 Å². The first-order valence-electron chi connectivity index (χ1n) is 4.75. The second-order valence-electron chi connectivity index (χ2n) is 3.48. The van der Waals surface area contributed by atoms with Crippen molar-refractivity contribution in [1.82, 2.24) is 4.31 Å². The SMILES string of the molecule is CN(C)S(=O)(=O)c1ccc(C(=O)C=C[O-])cc1.[Na+]. The third kappa shape index (κ3) is 3.93. The first-order chi connectivity index (χ1) is 7.89. The molecule has 1 aromatic carbocycles. The van der Waals surface area contributed by atoms with Gasteiger partial charge < -0.3 is 5.11 Å². The van der Waals surface area contributed by atoms with Crippen LogP contribution in [0.4, 0.5) is 0 Å². The minimum atomic E-state index is -3.49. The van der Waals surface area contributed by atoms with E-state index in [2.05, 4.69) is 0 Å². The molecule has 0 radical (unpaired) electrons. The molecule has 0 atom stereocenters. The molecular weight excluding hydrogens is 265 g/mol. The summed E-state index contributed by atoms with van der Waals surface area (Å²) in [5.41, 5.74) is 0.273. The number of allylic oxidation sites excluding steroid dienone is 1. The summed E-state index contributed by atoms with van der Waals surface area (Å²) in [6.07, 6.45) is 1.28. The van der Waals surface area contributed by atoms with Gasteiger partial charge in [0.15, 0.2) is 5.78 Å². The van der Waals surface area contributed by atoms with Crippen LogP contribution >= 0.6 is 0 Å². The predicted octanol–water partition coefficient (Wildman–Crippen LogP) is -3.00. The maximum absolute atomic E-state index is 11.7. The Morgan fingerprint density at radius 1 is 1.22 bits per heavy atom. The number of carbonyl (C=O) groups is 1. The topological polar surface area (TPSA) is 77.5 Å². The zero-order valence-corrected chi connectivity index (χ0v) is 13.3. The van der Waals surface area contributed by atoms with Crippen LogP contribution in [-0.2, 0) is 10.0 Å². The van der Waals surface area contributed by atoms with Gasteiger partial charge in [-0.15, -0.1) is 6.26 Å². The maximum Gasteiger partial charge on any atom is 1.00 e. The Labute approximate surface area is 128 Å². The number of hydrogen-bond donors (Lipinski definition) is 0. The Morgan fingerprint density at radius 3 is 2.11 bits per heavy atom. The molecule has 0 aliphatic heterocycles. The van der Waals surface area contributed by atoms with E-state index in [0.29, 0.717) is 6.26 Å². The van der Waals surface area contributed by atoms with E-state index in [1.165, 1.54) is 38.4 Å². The van der Waals surface area contributed by atoms with Gasteiger partial charge in [-0.2, -0.15) is 0 Å². The van der Waals surface area contributed by atoms with Crippen molar-refractivity contribution in [1.29, 1.82) is 0 Å². The molecule has 0 spiro atoms. The molecule has 0 saturated heterocycles. The summed E-state index contributed by atoms with van der Waals surface area (Å²) in [5.74, 6) is -0.450. The molecule has 0 aliphatic rings. The fourth-order valence-corrected chi connectivity index (χ4v) is 2.06. The molecule has 5 nitrogen and oxygen atoms in total. The minimum Gasteiger partial charge on any atom is -0.878 e. The van der Waals surface area contributed by atoms with Crippen LogP contribution in [0.2, 0.25) is 0 Å². The molecule has 1 aromatic rings. The van der Waals surface area contributed by atoms with Crippen LogP contribution in [0.3, 0.4) is 0 Å².